The van der Waals surface area contributed by atoms with Gasteiger partial charge in [0.1, 0.15) is 0 Å². The topological polar surface area (TPSA) is 53.8 Å². The molecule has 0 spiro atoms. The summed E-state index contributed by atoms with van der Waals surface area (Å²) in [7, 11) is 0. The molecular formula is C8H14N2O2. The van der Waals surface area contributed by atoms with Crippen LogP contribution in [0, 0.1) is 0 Å². The molecule has 0 bridgehead atoms. The Balaban J connectivity index is 2.52. The first-order valence-corrected chi connectivity index (χ1v) is 3.96. The predicted octanol–water partition coefficient (Wildman–Crippen LogP) is 1.16. The lowest BCUT2D eigenvalue weighted by molar-refractivity contribution is 0.209. The van der Waals surface area contributed by atoms with Crippen LogP contribution < -0.4 is 5.32 Å². The van der Waals surface area contributed by atoms with E-state index in [1.165, 1.54) is 0 Å². The van der Waals surface area contributed by atoms with Crippen LogP contribution in [0.1, 0.15) is 20.8 Å². The number of aliphatic imine (C=N–C) groups is 1. The van der Waals surface area contributed by atoms with Gasteiger partial charge in [-0.2, -0.15) is 0 Å². The number of amidine groups is 1. The maximum Gasteiger partial charge on any atom is 0.292 e. The second kappa shape index (κ2) is 3.47. The average Bonchev–Trinajstić information content (AvgIpc) is 1.96. The fourth-order valence-corrected chi connectivity index (χ4v) is 0.803. The molecule has 0 unspecified atom stereocenters. The Labute approximate surface area is 72.0 Å². The van der Waals surface area contributed by atoms with Crippen molar-refractivity contribution in [1.82, 2.24) is 5.32 Å². The van der Waals surface area contributed by atoms with Crippen molar-refractivity contribution >= 4 is 6.02 Å². The number of hydrogen-bond acceptors (Lipinski definition) is 4. The summed E-state index contributed by atoms with van der Waals surface area (Å²) < 4.78 is 5.25. The average molecular weight is 170 g/mol. The van der Waals surface area contributed by atoms with Crippen LogP contribution in [0.5, 0.6) is 0 Å². The highest BCUT2D eigenvalue weighted by atomic mass is 16.5. The van der Waals surface area contributed by atoms with Gasteiger partial charge in [0.15, 0.2) is 5.88 Å². The van der Waals surface area contributed by atoms with Gasteiger partial charge in [-0.05, 0) is 20.8 Å². The van der Waals surface area contributed by atoms with E-state index in [4.69, 9.17) is 4.74 Å². The van der Waals surface area contributed by atoms with Crippen LogP contribution in [-0.2, 0) is 4.74 Å². The van der Waals surface area contributed by atoms with Crippen LogP contribution in [0.15, 0.2) is 16.4 Å². The number of ether oxygens (including phenoxy) is 1. The van der Waals surface area contributed by atoms with E-state index in [9.17, 15) is 5.11 Å². The molecule has 0 atom stereocenters. The molecule has 12 heavy (non-hydrogen) atoms. The van der Waals surface area contributed by atoms with Crippen molar-refractivity contribution in [3.05, 3.63) is 11.5 Å². The highest BCUT2D eigenvalue weighted by Gasteiger charge is 2.12. The molecule has 0 fully saturated rings. The Morgan fingerprint density at radius 2 is 2.25 bits per heavy atom. The largest absolute Gasteiger partial charge is 0.494 e. The first-order chi connectivity index (χ1) is 5.59. The molecule has 1 heterocycles. The first-order valence-electron chi connectivity index (χ1n) is 3.96. The van der Waals surface area contributed by atoms with Crippen molar-refractivity contribution < 1.29 is 9.84 Å². The molecule has 0 aromatic carbocycles. The number of nitrogens with one attached hydrogen (secondary N) is 1. The molecule has 0 aromatic rings. The lowest BCUT2D eigenvalue weighted by Gasteiger charge is -2.17. The molecule has 1 aliphatic rings. The maximum absolute atomic E-state index is 9.27. The second-order valence-corrected chi connectivity index (χ2v) is 3.04. The van der Waals surface area contributed by atoms with Crippen LogP contribution in [-0.4, -0.2) is 23.8 Å². The van der Waals surface area contributed by atoms with Crippen LogP contribution >= 0.6 is 0 Å². The second-order valence-electron chi connectivity index (χ2n) is 3.04. The standard InChI is InChI=1S/C8H14N2O2/c1-5(2)12-8-9-4-6(3)7(11)10-8/h5,11H,4H2,1-3H3,(H,9,10). The summed E-state index contributed by atoms with van der Waals surface area (Å²) in [6.45, 7) is 6.14. The van der Waals surface area contributed by atoms with Gasteiger partial charge in [-0.25, -0.2) is 4.99 Å². The molecule has 4 nitrogen and oxygen atoms in total. The van der Waals surface area contributed by atoms with E-state index in [1.807, 2.05) is 20.8 Å². The molecule has 0 radical (unpaired) electrons. The third-order valence-electron chi connectivity index (χ3n) is 1.44. The zero-order valence-electron chi connectivity index (χ0n) is 7.59. The molecule has 68 valence electrons. The normalized spacial score (nSPS) is 17.5. The molecular weight excluding hydrogens is 156 g/mol. The smallest absolute Gasteiger partial charge is 0.292 e. The van der Waals surface area contributed by atoms with Crippen LogP contribution in [0.3, 0.4) is 0 Å². The molecule has 1 rings (SSSR count). The molecule has 4 heteroatoms. The minimum Gasteiger partial charge on any atom is -0.494 e. The monoisotopic (exact) mass is 170 g/mol. The fraction of sp³-hybridized carbons (Fsp3) is 0.625. The molecule has 1 aliphatic heterocycles. The van der Waals surface area contributed by atoms with E-state index in [-0.39, 0.29) is 12.0 Å². The van der Waals surface area contributed by atoms with Crippen LogP contribution in [0.4, 0.5) is 0 Å². The SMILES string of the molecule is CC1=C(O)NC(OC(C)C)=NC1. The highest BCUT2D eigenvalue weighted by Crippen LogP contribution is 2.05. The van der Waals surface area contributed by atoms with Crippen molar-refractivity contribution in [3.8, 4) is 0 Å². The van der Waals surface area contributed by atoms with E-state index in [0.717, 1.165) is 5.57 Å². The van der Waals surface area contributed by atoms with Crippen LogP contribution in [0.25, 0.3) is 0 Å². The third kappa shape index (κ3) is 2.15. The van der Waals surface area contributed by atoms with Gasteiger partial charge in [0.2, 0.25) is 0 Å². The molecule has 2 N–H and O–H groups in total. The first kappa shape index (κ1) is 8.90. The lowest BCUT2D eigenvalue weighted by atomic mass is 10.3. The molecule has 0 saturated carbocycles. The van der Waals surface area contributed by atoms with Gasteiger partial charge in [0.25, 0.3) is 6.02 Å². The minimum atomic E-state index is 0.0717. The minimum absolute atomic E-state index is 0.0717. The van der Waals surface area contributed by atoms with Gasteiger partial charge in [0.05, 0.1) is 12.6 Å². The highest BCUT2D eigenvalue weighted by molar-refractivity contribution is 5.76. The zero-order chi connectivity index (χ0) is 9.14. The van der Waals surface area contributed by atoms with Crippen molar-refractivity contribution in [2.45, 2.75) is 26.9 Å². The third-order valence-corrected chi connectivity index (χ3v) is 1.44. The summed E-state index contributed by atoms with van der Waals surface area (Å²) in [5.41, 5.74) is 0.825. The van der Waals surface area contributed by atoms with Crippen molar-refractivity contribution in [2.24, 2.45) is 4.99 Å². The predicted molar refractivity (Wildman–Crippen MR) is 47.0 cm³/mol. The van der Waals surface area contributed by atoms with Gasteiger partial charge >= 0.3 is 0 Å². The molecule has 0 saturated heterocycles. The Kier molecular flexibility index (Phi) is 2.58. The summed E-state index contributed by atoms with van der Waals surface area (Å²) >= 11 is 0. The number of rotatable bonds is 1. The quantitative estimate of drug-likeness (QED) is 0.621. The van der Waals surface area contributed by atoms with Gasteiger partial charge in [-0.15, -0.1) is 0 Å². The molecule has 0 aliphatic carbocycles. The van der Waals surface area contributed by atoms with Crippen molar-refractivity contribution in [3.63, 3.8) is 0 Å². The Bertz CT molecular complexity index is 231. The van der Waals surface area contributed by atoms with E-state index in [2.05, 4.69) is 10.3 Å². The number of hydrogen-bond donors (Lipinski definition) is 2. The van der Waals surface area contributed by atoms with Gasteiger partial charge in [0, 0.05) is 5.57 Å². The van der Waals surface area contributed by atoms with E-state index >= 15 is 0 Å². The summed E-state index contributed by atoms with van der Waals surface area (Å²) in [6, 6.07) is 0.396. The van der Waals surface area contributed by atoms with Gasteiger partial charge in [-0.3, -0.25) is 5.32 Å². The van der Waals surface area contributed by atoms with Crippen molar-refractivity contribution in [2.75, 3.05) is 6.54 Å². The fourth-order valence-electron chi connectivity index (χ4n) is 0.803. The molecule has 0 aromatic heterocycles. The Hall–Kier alpha value is -1.19. The number of aliphatic hydroxyl groups excluding tert-OH is 1. The number of nitrogens with zero attached hydrogens (tertiary/aromatic N) is 1. The summed E-state index contributed by atoms with van der Waals surface area (Å²) in [6.07, 6.45) is 0.0717. The summed E-state index contributed by atoms with van der Waals surface area (Å²) in [5.74, 6) is 0.153. The zero-order valence-corrected chi connectivity index (χ0v) is 7.59. The van der Waals surface area contributed by atoms with Crippen LogP contribution in [0.2, 0.25) is 0 Å². The van der Waals surface area contributed by atoms with E-state index in [0.29, 0.717) is 12.6 Å². The number of aliphatic hydroxyl groups is 1. The van der Waals surface area contributed by atoms with Gasteiger partial charge in [-0.1, -0.05) is 0 Å². The van der Waals surface area contributed by atoms with Gasteiger partial charge < -0.3 is 9.84 Å². The summed E-state index contributed by atoms with van der Waals surface area (Å²) in [4.78, 5) is 4.07. The Morgan fingerprint density at radius 3 is 2.75 bits per heavy atom. The maximum atomic E-state index is 9.27. The Morgan fingerprint density at radius 1 is 1.58 bits per heavy atom. The lowest BCUT2D eigenvalue weighted by Crippen LogP contribution is -2.32. The van der Waals surface area contributed by atoms with E-state index in [1.54, 1.807) is 0 Å². The van der Waals surface area contributed by atoms with E-state index < -0.39 is 0 Å². The van der Waals surface area contributed by atoms with Crippen molar-refractivity contribution in [1.29, 1.82) is 0 Å². The summed E-state index contributed by atoms with van der Waals surface area (Å²) in [5, 5.41) is 11.9. The molecule has 0 amide bonds.